The van der Waals surface area contributed by atoms with Crippen molar-refractivity contribution in [2.75, 3.05) is 46.3 Å². The van der Waals surface area contributed by atoms with Gasteiger partial charge in [0.2, 0.25) is 5.91 Å². The Morgan fingerprint density at radius 3 is 2.37 bits per heavy atom. The standard InChI is InChI=1S/C15H27N3O/c1-12(2)17-6-8-18(9-7-17)14(19)13-10-15(13)4-5-16(3)11-15/h12-13H,4-11H2,1-3H3. The van der Waals surface area contributed by atoms with Gasteiger partial charge in [0.1, 0.15) is 0 Å². The van der Waals surface area contributed by atoms with E-state index in [4.69, 9.17) is 0 Å². The van der Waals surface area contributed by atoms with Crippen molar-refractivity contribution in [2.24, 2.45) is 11.3 Å². The lowest BCUT2D eigenvalue weighted by atomic mass is 10.0. The molecule has 0 aromatic carbocycles. The highest BCUT2D eigenvalue weighted by molar-refractivity contribution is 5.83. The van der Waals surface area contributed by atoms with Gasteiger partial charge in [-0.05, 0) is 45.7 Å². The molecule has 108 valence electrons. The highest BCUT2D eigenvalue weighted by atomic mass is 16.2. The Morgan fingerprint density at radius 1 is 1.16 bits per heavy atom. The van der Waals surface area contributed by atoms with Crippen LogP contribution in [-0.2, 0) is 4.79 Å². The van der Waals surface area contributed by atoms with Crippen LogP contribution in [0.2, 0.25) is 0 Å². The predicted octanol–water partition coefficient (Wildman–Crippen LogP) is 0.881. The second-order valence-corrected chi connectivity index (χ2v) is 7.06. The molecular weight excluding hydrogens is 238 g/mol. The van der Waals surface area contributed by atoms with Crippen LogP contribution in [0.25, 0.3) is 0 Å². The molecule has 0 bridgehead atoms. The minimum absolute atomic E-state index is 0.336. The van der Waals surface area contributed by atoms with E-state index < -0.39 is 0 Å². The highest BCUT2D eigenvalue weighted by Gasteiger charge is 2.60. The van der Waals surface area contributed by atoms with Crippen LogP contribution in [0.15, 0.2) is 0 Å². The molecule has 2 heterocycles. The smallest absolute Gasteiger partial charge is 0.226 e. The quantitative estimate of drug-likeness (QED) is 0.741. The van der Waals surface area contributed by atoms with Crippen LogP contribution in [0.4, 0.5) is 0 Å². The Labute approximate surface area is 116 Å². The van der Waals surface area contributed by atoms with Crippen molar-refractivity contribution in [2.45, 2.75) is 32.7 Å². The summed E-state index contributed by atoms with van der Waals surface area (Å²) >= 11 is 0. The van der Waals surface area contributed by atoms with E-state index in [9.17, 15) is 4.79 Å². The van der Waals surface area contributed by atoms with Gasteiger partial charge in [0, 0.05) is 44.7 Å². The zero-order valence-electron chi connectivity index (χ0n) is 12.6. The maximum absolute atomic E-state index is 12.6. The number of hydrogen-bond donors (Lipinski definition) is 0. The van der Waals surface area contributed by atoms with Crippen LogP contribution < -0.4 is 0 Å². The molecule has 1 spiro atoms. The molecule has 1 saturated carbocycles. The fraction of sp³-hybridized carbons (Fsp3) is 0.933. The van der Waals surface area contributed by atoms with Crippen LogP contribution in [0.1, 0.15) is 26.7 Å². The van der Waals surface area contributed by atoms with E-state index in [2.05, 4.69) is 35.6 Å². The van der Waals surface area contributed by atoms with Gasteiger partial charge in [-0.1, -0.05) is 0 Å². The van der Waals surface area contributed by atoms with E-state index >= 15 is 0 Å². The predicted molar refractivity (Wildman–Crippen MR) is 75.9 cm³/mol. The third kappa shape index (κ3) is 2.40. The zero-order valence-corrected chi connectivity index (χ0v) is 12.6. The highest BCUT2D eigenvalue weighted by Crippen LogP contribution is 2.58. The normalized spacial score (nSPS) is 36.4. The number of nitrogens with zero attached hydrogens (tertiary/aromatic N) is 3. The summed E-state index contributed by atoms with van der Waals surface area (Å²) in [5.41, 5.74) is 0.362. The Balaban J connectivity index is 1.53. The molecule has 2 unspecified atom stereocenters. The largest absolute Gasteiger partial charge is 0.340 e. The number of amides is 1. The number of rotatable bonds is 2. The molecule has 3 rings (SSSR count). The van der Waals surface area contributed by atoms with Gasteiger partial charge in [-0.2, -0.15) is 0 Å². The van der Waals surface area contributed by atoms with E-state index in [0.29, 0.717) is 23.3 Å². The second-order valence-electron chi connectivity index (χ2n) is 7.06. The van der Waals surface area contributed by atoms with Crippen molar-refractivity contribution in [3.05, 3.63) is 0 Å². The van der Waals surface area contributed by atoms with Crippen molar-refractivity contribution in [3.8, 4) is 0 Å². The van der Waals surface area contributed by atoms with Gasteiger partial charge in [0.15, 0.2) is 0 Å². The molecule has 0 aromatic rings. The van der Waals surface area contributed by atoms with Crippen LogP contribution in [-0.4, -0.2) is 73.0 Å². The van der Waals surface area contributed by atoms with Crippen molar-refractivity contribution in [1.82, 2.24) is 14.7 Å². The molecular formula is C15H27N3O. The summed E-state index contributed by atoms with van der Waals surface area (Å²) in [6.07, 6.45) is 2.37. The molecule has 2 aliphatic heterocycles. The first-order chi connectivity index (χ1) is 9.02. The van der Waals surface area contributed by atoms with Crippen LogP contribution >= 0.6 is 0 Å². The van der Waals surface area contributed by atoms with Gasteiger partial charge in [0.25, 0.3) is 0 Å². The maximum Gasteiger partial charge on any atom is 0.226 e. The molecule has 2 saturated heterocycles. The molecule has 0 radical (unpaired) electrons. The molecule has 4 nitrogen and oxygen atoms in total. The molecule has 4 heteroatoms. The summed E-state index contributed by atoms with van der Waals surface area (Å²) in [7, 11) is 2.18. The van der Waals surface area contributed by atoms with Gasteiger partial charge < -0.3 is 9.80 Å². The Kier molecular flexibility index (Phi) is 3.34. The number of likely N-dealkylation sites (tertiary alicyclic amines) is 1. The number of carbonyl (C=O) groups excluding carboxylic acids is 1. The van der Waals surface area contributed by atoms with Gasteiger partial charge in [-0.25, -0.2) is 0 Å². The average molecular weight is 265 g/mol. The van der Waals surface area contributed by atoms with Crippen LogP contribution in [0.5, 0.6) is 0 Å². The van der Waals surface area contributed by atoms with Crippen molar-refractivity contribution >= 4 is 5.91 Å². The van der Waals surface area contributed by atoms with Gasteiger partial charge in [0.05, 0.1) is 0 Å². The molecule has 0 N–H and O–H groups in total. The van der Waals surface area contributed by atoms with Crippen LogP contribution in [0.3, 0.4) is 0 Å². The first-order valence-electron chi connectivity index (χ1n) is 7.73. The molecule has 19 heavy (non-hydrogen) atoms. The monoisotopic (exact) mass is 265 g/mol. The summed E-state index contributed by atoms with van der Waals surface area (Å²) in [6.45, 7) is 10.7. The van der Waals surface area contributed by atoms with E-state index in [0.717, 1.165) is 39.1 Å². The summed E-state index contributed by atoms with van der Waals surface area (Å²) in [6, 6.07) is 0.605. The molecule has 1 aliphatic carbocycles. The SMILES string of the molecule is CC(C)N1CCN(C(=O)C2CC23CCN(C)C3)CC1. The second kappa shape index (κ2) is 4.74. The van der Waals surface area contributed by atoms with E-state index in [-0.39, 0.29) is 0 Å². The molecule has 2 atom stereocenters. The summed E-state index contributed by atoms with van der Waals surface area (Å²) in [5.74, 6) is 0.779. The lowest BCUT2D eigenvalue weighted by Crippen LogP contribution is -2.51. The van der Waals surface area contributed by atoms with Gasteiger partial charge >= 0.3 is 0 Å². The Bertz CT molecular complexity index is 362. The number of piperazine rings is 1. The first kappa shape index (κ1) is 13.4. The number of carbonyl (C=O) groups is 1. The van der Waals surface area contributed by atoms with Gasteiger partial charge in [-0.15, -0.1) is 0 Å². The van der Waals surface area contributed by atoms with E-state index in [1.54, 1.807) is 0 Å². The Morgan fingerprint density at radius 2 is 1.84 bits per heavy atom. The fourth-order valence-corrected chi connectivity index (χ4v) is 3.94. The average Bonchev–Trinajstić information content (AvgIpc) is 2.96. The summed E-state index contributed by atoms with van der Waals surface area (Å²) in [4.78, 5) is 19.6. The molecule has 1 amide bonds. The topological polar surface area (TPSA) is 26.8 Å². The van der Waals surface area contributed by atoms with Gasteiger partial charge in [-0.3, -0.25) is 9.69 Å². The number of hydrogen-bond acceptors (Lipinski definition) is 3. The van der Waals surface area contributed by atoms with Crippen molar-refractivity contribution < 1.29 is 4.79 Å². The lowest BCUT2D eigenvalue weighted by molar-refractivity contribution is -0.135. The minimum Gasteiger partial charge on any atom is -0.340 e. The lowest BCUT2D eigenvalue weighted by Gasteiger charge is -2.37. The third-order valence-corrected chi connectivity index (χ3v) is 5.42. The molecule has 3 aliphatic rings. The van der Waals surface area contributed by atoms with Crippen LogP contribution in [0, 0.1) is 11.3 Å². The maximum atomic E-state index is 12.6. The third-order valence-electron chi connectivity index (χ3n) is 5.42. The van der Waals surface area contributed by atoms with E-state index in [1.807, 2.05) is 0 Å². The summed E-state index contributed by atoms with van der Waals surface area (Å²) < 4.78 is 0. The minimum atomic E-state index is 0.336. The fourth-order valence-electron chi connectivity index (χ4n) is 3.94. The molecule has 3 fully saturated rings. The summed E-state index contributed by atoms with van der Waals surface area (Å²) in [5, 5.41) is 0. The Hall–Kier alpha value is -0.610. The first-order valence-corrected chi connectivity index (χ1v) is 7.73. The van der Waals surface area contributed by atoms with Crippen molar-refractivity contribution in [1.29, 1.82) is 0 Å². The molecule has 0 aromatic heterocycles. The van der Waals surface area contributed by atoms with Crippen molar-refractivity contribution in [3.63, 3.8) is 0 Å². The van der Waals surface area contributed by atoms with E-state index in [1.165, 1.54) is 13.0 Å². The zero-order chi connectivity index (χ0) is 13.6.